The molecular weight excluding hydrogens is 390 g/mol. The first-order valence-electron chi connectivity index (χ1n) is 9.78. The molecule has 0 aliphatic carbocycles. The van der Waals surface area contributed by atoms with Crippen LogP contribution in [0.5, 0.6) is 11.5 Å². The van der Waals surface area contributed by atoms with E-state index in [0.29, 0.717) is 12.2 Å². The topological polar surface area (TPSA) is 86.6 Å². The highest BCUT2D eigenvalue weighted by molar-refractivity contribution is 6.08. The van der Waals surface area contributed by atoms with Crippen molar-refractivity contribution in [3.8, 4) is 22.8 Å². The Hall–Kier alpha value is -4.19. The highest BCUT2D eigenvalue weighted by atomic mass is 16.3. The van der Waals surface area contributed by atoms with Crippen molar-refractivity contribution in [2.45, 2.75) is 13.5 Å². The Morgan fingerprint density at radius 1 is 0.968 bits per heavy atom. The van der Waals surface area contributed by atoms with Crippen LogP contribution in [0, 0.1) is 6.92 Å². The number of amides is 1. The molecule has 0 saturated carbocycles. The Bertz CT molecular complexity index is 1210. The summed E-state index contributed by atoms with van der Waals surface area (Å²) in [6, 6.07) is 21.1. The van der Waals surface area contributed by atoms with Gasteiger partial charge in [-0.15, -0.1) is 0 Å². The number of benzene rings is 3. The molecular formula is C25H21N3O3. The first-order chi connectivity index (χ1) is 15.0. The summed E-state index contributed by atoms with van der Waals surface area (Å²) < 4.78 is 0. The molecule has 154 valence electrons. The molecule has 6 nitrogen and oxygen atoms in total. The zero-order valence-corrected chi connectivity index (χ0v) is 16.9. The van der Waals surface area contributed by atoms with E-state index in [4.69, 9.17) is 0 Å². The minimum absolute atomic E-state index is 0.103. The van der Waals surface area contributed by atoms with Gasteiger partial charge in [0.05, 0.1) is 17.8 Å². The third-order valence-corrected chi connectivity index (χ3v) is 4.99. The Morgan fingerprint density at radius 2 is 1.71 bits per heavy atom. The Morgan fingerprint density at radius 3 is 2.39 bits per heavy atom. The van der Waals surface area contributed by atoms with Crippen LogP contribution < -0.4 is 4.90 Å². The predicted molar refractivity (Wildman–Crippen MR) is 119 cm³/mol. The number of nitrogens with zero attached hydrogens (tertiary/aromatic N) is 3. The van der Waals surface area contributed by atoms with Gasteiger partial charge in [0.2, 0.25) is 0 Å². The summed E-state index contributed by atoms with van der Waals surface area (Å²) >= 11 is 0. The Kier molecular flexibility index (Phi) is 5.62. The van der Waals surface area contributed by atoms with Gasteiger partial charge in [-0.3, -0.25) is 4.79 Å². The molecule has 6 heteroatoms. The molecule has 0 atom stereocenters. The molecule has 31 heavy (non-hydrogen) atoms. The van der Waals surface area contributed by atoms with Crippen LogP contribution in [0.15, 0.2) is 85.3 Å². The second-order valence-electron chi connectivity index (χ2n) is 7.18. The average Bonchev–Trinajstić information content (AvgIpc) is 2.78. The molecule has 0 unspecified atom stereocenters. The molecule has 4 aromatic rings. The SMILES string of the molecule is Cc1cncnc1-c1ccc(N(Cc2ccccc2)C(=O)c2ccc(O)cc2O)cc1. The largest absolute Gasteiger partial charge is 0.508 e. The number of phenols is 2. The first kappa shape index (κ1) is 20.1. The molecule has 0 aliphatic rings. The molecule has 3 aromatic carbocycles. The van der Waals surface area contributed by atoms with Crippen molar-refractivity contribution in [3.63, 3.8) is 0 Å². The minimum atomic E-state index is -0.368. The number of hydrogen-bond acceptors (Lipinski definition) is 5. The number of aromatic hydroxyl groups is 2. The van der Waals surface area contributed by atoms with Crippen LogP contribution in [0.4, 0.5) is 5.69 Å². The van der Waals surface area contributed by atoms with Gasteiger partial charge in [-0.25, -0.2) is 9.97 Å². The zero-order valence-electron chi connectivity index (χ0n) is 16.9. The monoisotopic (exact) mass is 411 g/mol. The van der Waals surface area contributed by atoms with E-state index < -0.39 is 0 Å². The van der Waals surface area contributed by atoms with Gasteiger partial charge in [-0.05, 0) is 42.3 Å². The summed E-state index contributed by atoms with van der Waals surface area (Å²) in [5.41, 5.74) is 4.45. The fraction of sp³-hybridized carbons (Fsp3) is 0.0800. The molecule has 0 spiro atoms. The van der Waals surface area contributed by atoms with Crippen LogP contribution in [0.2, 0.25) is 0 Å². The lowest BCUT2D eigenvalue weighted by molar-refractivity contribution is 0.0982. The van der Waals surface area contributed by atoms with Crippen LogP contribution in [-0.4, -0.2) is 26.1 Å². The van der Waals surface area contributed by atoms with Crippen molar-refractivity contribution in [1.82, 2.24) is 9.97 Å². The van der Waals surface area contributed by atoms with Crippen molar-refractivity contribution in [2.24, 2.45) is 0 Å². The fourth-order valence-electron chi connectivity index (χ4n) is 3.39. The molecule has 0 saturated heterocycles. The van der Waals surface area contributed by atoms with Gasteiger partial charge in [0.25, 0.3) is 5.91 Å². The van der Waals surface area contributed by atoms with Gasteiger partial charge in [-0.1, -0.05) is 42.5 Å². The maximum absolute atomic E-state index is 13.4. The van der Waals surface area contributed by atoms with Gasteiger partial charge in [0, 0.05) is 23.5 Å². The van der Waals surface area contributed by atoms with E-state index in [2.05, 4.69) is 9.97 Å². The maximum Gasteiger partial charge on any atom is 0.262 e. The molecule has 1 amide bonds. The van der Waals surface area contributed by atoms with Gasteiger partial charge in [0.15, 0.2) is 0 Å². The molecule has 0 aliphatic heterocycles. The Balaban J connectivity index is 1.72. The molecule has 1 aromatic heterocycles. The summed E-state index contributed by atoms with van der Waals surface area (Å²) in [7, 11) is 0. The zero-order chi connectivity index (χ0) is 21.8. The quantitative estimate of drug-likeness (QED) is 0.497. The standard InChI is InChI=1S/C25H21N3O3/c1-17-14-26-16-27-24(17)19-7-9-20(10-8-19)28(15-18-5-3-2-4-6-18)25(31)22-12-11-21(29)13-23(22)30/h2-14,16,29-30H,15H2,1H3. The van der Waals surface area contributed by atoms with Crippen molar-refractivity contribution in [2.75, 3.05) is 4.90 Å². The van der Waals surface area contributed by atoms with Crippen LogP contribution in [0.3, 0.4) is 0 Å². The second-order valence-corrected chi connectivity index (χ2v) is 7.18. The number of aromatic nitrogens is 2. The third-order valence-electron chi connectivity index (χ3n) is 4.99. The fourth-order valence-corrected chi connectivity index (χ4v) is 3.39. The summed E-state index contributed by atoms with van der Waals surface area (Å²) in [6.45, 7) is 2.27. The van der Waals surface area contributed by atoms with Crippen molar-refractivity contribution in [1.29, 1.82) is 0 Å². The normalized spacial score (nSPS) is 10.6. The van der Waals surface area contributed by atoms with Gasteiger partial charge >= 0.3 is 0 Å². The summed E-state index contributed by atoms with van der Waals surface area (Å²) in [6.07, 6.45) is 3.27. The minimum Gasteiger partial charge on any atom is -0.508 e. The van der Waals surface area contributed by atoms with E-state index in [1.54, 1.807) is 11.1 Å². The highest BCUT2D eigenvalue weighted by Gasteiger charge is 2.21. The van der Waals surface area contributed by atoms with E-state index in [1.165, 1.54) is 18.5 Å². The number of hydrogen-bond donors (Lipinski definition) is 2. The molecule has 2 N–H and O–H groups in total. The molecule has 0 radical (unpaired) electrons. The molecule has 1 heterocycles. The molecule has 4 rings (SSSR count). The second kappa shape index (κ2) is 8.67. The average molecular weight is 411 g/mol. The lowest BCUT2D eigenvalue weighted by Crippen LogP contribution is -2.30. The van der Waals surface area contributed by atoms with E-state index in [-0.39, 0.29) is 23.0 Å². The van der Waals surface area contributed by atoms with Crippen molar-refractivity contribution >= 4 is 11.6 Å². The number of anilines is 1. The molecule has 0 fully saturated rings. The van der Waals surface area contributed by atoms with Crippen molar-refractivity contribution < 1.29 is 15.0 Å². The number of phenolic OH excluding ortho intramolecular Hbond substituents is 2. The predicted octanol–water partition coefficient (Wildman–Crippen LogP) is 4.71. The first-order valence-corrected chi connectivity index (χ1v) is 9.78. The smallest absolute Gasteiger partial charge is 0.262 e. The number of aryl methyl sites for hydroxylation is 1. The van der Waals surface area contributed by atoms with Gasteiger partial charge < -0.3 is 15.1 Å². The van der Waals surface area contributed by atoms with E-state index in [0.717, 1.165) is 28.5 Å². The number of carbonyl (C=O) groups is 1. The Labute approximate surface area is 180 Å². The third kappa shape index (κ3) is 4.38. The van der Waals surface area contributed by atoms with Crippen LogP contribution >= 0.6 is 0 Å². The van der Waals surface area contributed by atoms with E-state index in [1.807, 2.05) is 61.5 Å². The molecule has 0 bridgehead atoms. The summed E-state index contributed by atoms with van der Waals surface area (Å²) in [5, 5.41) is 19.8. The lowest BCUT2D eigenvalue weighted by atomic mass is 10.1. The van der Waals surface area contributed by atoms with E-state index in [9.17, 15) is 15.0 Å². The van der Waals surface area contributed by atoms with Gasteiger partial charge in [0.1, 0.15) is 17.8 Å². The van der Waals surface area contributed by atoms with Crippen LogP contribution in [-0.2, 0) is 6.54 Å². The van der Waals surface area contributed by atoms with E-state index >= 15 is 0 Å². The lowest BCUT2D eigenvalue weighted by Gasteiger charge is -2.24. The highest BCUT2D eigenvalue weighted by Crippen LogP contribution is 2.29. The number of rotatable bonds is 5. The summed E-state index contributed by atoms with van der Waals surface area (Å²) in [5.74, 6) is -0.739. The maximum atomic E-state index is 13.4. The van der Waals surface area contributed by atoms with Crippen LogP contribution in [0.1, 0.15) is 21.5 Å². The summed E-state index contributed by atoms with van der Waals surface area (Å²) in [4.78, 5) is 23.3. The van der Waals surface area contributed by atoms with Crippen molar-refractivity contribution in [3.05, 3.63) is 102 Å². The number of carbonyl (C=O) groups excluding carboxylic acids is 1. The van der Waals surface area contributed by atoms with Gasteiger partial charge in [-0.2, -0.15) is 0 Å². The van der Waals surface area contributed by atoms with Crippen LogP contribution in [0.25, 0.3) is 11.3 Å².